The van der Waals surface area contributed by atoms with Crippen LogP contribution in [-0.2, 0) is 23.0 Å². The van der Waals surface area contributed by atoms with Crippen LogP contribution >= 0.6 is 0 Å². The van der Waals surface area contributed by atoms with Crippen LogP contribution in [0.3, 0.4) is 0 Å². The number of fused-ring (bicyclic) bond motifs is 1. The maximum Gasteiger partial charge on any atom is 0.241 e. The minimum absolute atomic E-state index is 0.218. The van der Waals surface area contributed by atoms with E-state index in [9.17, 15) is 13.5 Å². The number of aliphatic hydroxyl groups excluding tert-OH is 1. The lowest BCUT2D eigenvalue weighted by Crippen LogP contribution is -2.40. The number of hydrogen-bond acceptors (Lipinski definition) is 5. The summed E-state index contributed by atoms with van der Waals surface area (Å²) in [4.78, 5) is 4.37. The summed E-state index contributed by atoms with van der Waals surface area (Å²) in [5, 5.41) is 13.7. The predicted octanol–water partition coefficient (Wildman–Crippen LogP) is 1.67. The molecule has 1 unspecified atom stereocenters. The minimum Gasteiger partial charge on any atom is -0.391 e. The highest BCUT2D eigenvalue weighted by molar-refractivity contribution is 7.89. The first-order valence-electron chi connectivity index (χ1n) is 9.46. The van der Waals surface area contributed by atoms with Gasteiger partial charge in [-0.05, 0) is 55.7 Å². The Morgan fingerprint density at radius 3 is 3.00 bits per heavy atom. The molecule has 0 radical (unpaired) electrons. The number of benzene rings is 1. The topological polar surface area (TPSA) is 96.2 Å². The van der Waals surface area contributed by atoms with E-state index in [4.69, 9.17) is 0 Å². The Hall–Kier alpha value is -1.90. The summed E-state index contributed by atoms with van der Waals surface area (Å²) >= 11 is 0. The van der Waals surface area contributed by atoms with Gasteiger partial charge in [-0.2, -0.15) is 0 Å². The molecule has 1 aliphatic carbocycles. The monoisotopic (exact) mass is 390 g/mol. The van der Waals surface area contributed by atoms with Crippen molar-refractivity contribution in [2.45, 2.75) is 56.2 Å². The van der Waals surface area contributed by atoms with Crippen LogP contribution < -0.4 is 10.0 Å². The van der Waals surface area contributed by atoms with E-state index in [2.05, 4.69) is 15.0 Å². The molecule has 7 nitrogen and oxygen atoms in total. The first kappa shape index (κ1) is 18.5. The number of nitrogens with one attached hydrogen (secondary N) is 2. The number of rotatable bonds is 5. The highest BCUT2D eigenvalue weighted by atomic mass is 32.2. The zero-order valence-electron chi connectivity index (χ0n) is 15.4. The number of sulfonamides is 1. The molecule has 2 aliphatic rings. The lowest BCUT2D eigenvalue weighted by Gasteiger charge is -2.24. The molecular formula is C19H26N4O3S. The van der Waals surface area contributed by atoms with E-state index in [1.54, 1.807) is 18.6 Å². The quantitative estimate of drug-likeness (QED) is 0.722. The standard InChI is InChI=1S/C19H26N4O3S/c1-13-4-5-18(15-3-2-6-21-19(13)15)27(25,26)22-16-9-14(10-17(16)24)11-23-8-7-20-12-23/h4-5,7-8,12,14,16-17,21-22,24H,2-3,6,9-11H2,1H3/t14?,16-,17-/m1/s1. The first-order valence-corrected chi connectivity index (χ1v) is 10.9. The number of anilines is 1. The number of aromatic nitrogens is 2. The van der Waals surface area contributed by atoms with Crippen molar-refractivity contribution in [3.63, 3.8) is 0 Å². The van der Waals surface area contributed by atoms with Crippen molar-refractivity contribution in [1.29, 1.82) is 0 Å². The zero-order chi connectivity index (χ0) is 19.0. The van der Waals surface area contributed by atoms with E-state index in [0.29, 0.717) is 17.7 Å². The SMILES string of the molecule is Cc1ccc(S(=O)(=O)N[C@@H]2CC(Cn3ccnc3)C[C@H]2O)c2c1NCCC2. The fourth-order valence-corrected chi connectivity index (χ4v) is 5.87. The maximum atomic E-state index is 13.1. The molecule has 3 atom stereocenters. The van der Waals surface area contributed by atoms with Crippen LogP contribution in [0.25, 0.3) is 0 Å². The molecule has 3 N–H and O–H groups in total. The van der Waals surface area contributed by atoms with Gasteiger partial charge in [0.25, 0.3) is 0 Å². The normalized spacial score (nSPS) is 25.2. The number of nitrogens with zero attached hydrogens (tertiary/aromatic N) is 2. The predicted molar refractivity (Wildman–Crippen MR) is 103 cm³/mol. The summed E-state index contributed by atoms with van der Waals surface area (Å²) in [6, 6.07) is 3.07. The lowest BCUT2D eigenvalue weighted by atomic mass is 10.00. The van der Waals surface area contributed by atoms with Gasteiger partial charge in [-0.1, -0.05) is 6.07 Å². The van der Waals surface area contributed by atoms with Crippen molar-refractivity contribution >= 4 is 15.7 Å². The van der Waals surface area contributed by atoms with E-state index in [1.807, 2.05) is 23.8 Å². The third-order valence-corrected chi connectivity index (χ3v) is 7.21. The van der Waals surface area contributed by atoms with E-state index < -0.39 is 22.2 Å². The van der Waals surface area contributed by atoms with Crippen LogP contribution in [0.5, 0.6) is 0 Å². The summed E-state index contributed by atoms with van der Waals surface area (Å²) in [5.41, 5.74) is 2.86. The number of aryl methyl sites for hydroxylation is 1. The van der Waals surface area contributed by atoms with Gasteiger partial charge in [0.2, 0.25) is 10.0 Å². The van der Waals surface area contributed by atoms with Crippen LogP contribution in [0.2, 0.25) is 0 Å². The summed E-state index contributed by atoms with van der Waals surface area (Å²) in [6.45, 7) is 3.59. The van der Waals surface area contributed by atoms with E-state index in [-0.39, 0.29) is 5.92 Å². The molecule has 0 saturated heterocycles. The maximum absolute atomic E-state index is 13.1. The van der Waals surface area contributed by atoms with E-state index in [1.165, 1.54) is 0 Å². The smallest absolute Gasteiger partial charge is 0.241 e. The molecule has 1 aromatic carbocycles. The van der Waals surface area contributed by atoms with Crippen molar-refractivity contribution in [3.05, 3.63) is 42.0 Å². The van der Waals surface area contributed by atoms with Crippen LogP contribution in [-0.4, -0.2) is 41.8 Å². The number of aliphatic hydroxyl groups is 1. The zero-order valence-corrected chi connectivity index (χ0v) is 16.2. The van der Waals surface area contributed by atoms with Crippen molar-refractivity contribution < 1.29 is 13.5 Å². The van der Waals surface area contributed by atoms with Gasteiger partial charge in [-0.3, -0.25) is 0 Å². The third kappa shape index (κ3) is 3.74. The average Bonchev–Trinajstić information content (AvgIpc) is 3.25. The van der Waals surface area contributed by atoms with Gasteiger partial charge in [-0.15, -0.1) is 0 Å². The molecule has 4 rings (SSSR count). The summed E-state index contributed by atoms with van der Waals surface area (Å²) < 4.78 is 30.9. The van der Waals surface area contributed by atoms with Gasteiger partial charge in [0.05, 0.1) is 17.3 Å². The highest BCUT2D eigenvalue weighted by Gasteiger charge is 2.36. The molecule has 1 aromatic heterocycles. The molecule has 146 valence electrons. The largest absolute Gasteiger partial charge is 0.391 e. The molecule has 2 aromatic rings. The van der Waals surface area contributed by atoms with Crippen molar-refractivity contribution in [2.24, 2.45) is 5.92 Å². The molecule has 8 heteroatoms. The Morgan fingerprint density at radius 1 is 1.37 bits per heavy atom. The van der Waals surface area contributed by atoms with Crippen molar-refractivity contribution in [1.82, 2.24) is 14.3 Å². The van der Waals surface area contributed by atoms with Gasteiger partial charge in [0, 0.05) is 37.2 Å². The van der Waals surface area contributed by atoms with E-state index in [0.717, 1.165) is 42.7 Å². The highest BCUT2D eigenvalue weighted by Crippen LogP contribution is 2.33. The lowest BCUT2D eigenvalue weighted by molar-refractivity contribution is 0.155. The van der Waals surface area contributed by atoms with Gasteiger partial charge in [-0.25, -0.2) is 18.1 Å². The number of imidazole rings is 1. The molecule has 2 heterocycles. The van der Waals surface area contributed by atoms with Crippen LogP contribution in [0, 0.1) is 12.8 Å². The average molecular weight is 391 g/mol. The second-order valence-electron chi connectivity index (χ2n) is 7.66. The van der Waals surface area contributed by atoms with E-state index >= 15 is 0 Å². The summed E-state index contributed by atoms with van der Waals surface area (Å²) in [6.07, 6.45) is 7.54. The Bertz CT molecular complexity index is 911. The second-order valence-corrected chi connectivity index (χ2v) is 9.34. The summed E-state index contributed by atoms with van der Waals surface area (Å²) in [5.74, 6) is 0.218. The summed E-state index contributed by atoms with van der Waals surface area (Å²) in [7, 11) is -3.69. The molecule has 27 heavy (non-hydrogen) atoms. The number of hydrogen-bond donors (Lipinski definition) is 3. The first-order chi connectivity index (χ1) is 12.9. The van der Waals surface area contributed by atoms with Crippen LogP contribution in [0.15, 0.2) is 35.7 Å². The third-order valence-electron chi connectivity index (χ3n) is 5.63. The minimum atomic E-state index is -3.69. The second kappa shape index (κ2) is 7.26. The van der Waals surface area contributed by atoms with Gasteiger partial charge in [0.1, 0.15) is 0 Å². The van der Waals surface area contributed by atoms with Gasteiger partial charge in [0.15, 0.2) is 0 Å². The Labute approximate surface area is 159 Å². The van der Waals surface area contributed by atoms with Gasteiger partial charge < -0.3 is 15.0 Å². The Kier molecular flexibility index (Phi) is 4.96. The molecule has 1 fully saturated rings. The molecule has 0 amide bonds. The van der Waals surface area contributed by atoms with Crippen molar-refractivity contribution in [2.75, 3.05) is 11.9 Å². The molecule has 1 saturated carbocycles. The molecular weight excluding hydrogens is 364 g/mol. The Balaban J connectivity index is 1.52. The van der Waals surface area contributed by atoms with Gasteiger partial charge >= 0.3 is 0 Å². The van der Waals surface area contributed by atoms with Crippen LogP contribution in [0.4, 0.5) is 5.69 Å². The molecule has 0 bridgehead atoms. The van der Waals surface area contributed by atoms with Crippen LogP contribution in [0.1, 0.15) is 30.4 Å². The molecule has 0 spiro atoms. The Morgan fingerprint density at radius 2 is 2.22 bits per heavy atom. The van der Waals surface area contributed by atoms with Crippen molar-refractivity contribution in [3.8, 4) is 0 Å². The molecule has 1 aliphatic heterocycles. The fourth-order valence-electron chi connectivity index (χ4n) is 4.32. The fraction of sp³-hybridized carbons (Fsp3) is 0.526.